The summed E-state index contributed by atoms with van der Waals surface area (Å²) in [6.07, 6.45) is 4.09. The van der Waals surface area contributed by atoms with Crippen molar-refractivity contribution < 1.29 is 37.4 Å². The molecule has 1 heterocycles. The third kappa shape index (κ3) is 6.40. The van der Waals surface area contributed by atoms with Gasteiger partial charge in [-0.1, -0.05) is 26.8 Å². The van der Waals surface area contributed by atoms with Crippen LogP contribution >= 0.6 is 0 Å². The lowest BCUT2D eigenvalue weighted by Crippen LogP contribution is -2.60. The van der Waals surface area contributed by atoms with Crippen molar-refractivity contribution in [2.45, 2.75) is 107 Å². The number of rotatable bonds is 9. The van der Waals surface area contributed by atoms with Gasteiger partial charge >= 0.3 is 6.09 Å². The quantitative estimate of drug-likeness (QED) is 0.294. The Morgan fingerprint density at radius 3 is 2.31 bits per heavy atom. The van der Waals surface area contributed by atoms with Crippen molar-refractivity contribution in [2.75, 3.05) is 6.54 Å². The average molecular weight is 569 g/mol. The van der Waals surface area contributed by atoms with Crippen LogP contribution in [0.4, 0.5) is 4.79 Å². The van der Waals surface area contributed by atoms with Crippen LogP contribution in [0.1, 0.15) is 72.1 Å². The molecule has 3 aliphatic carbocycles. The zero-order chi connectivity index (χ0) is 28.8. The third-order valence-corrected chi connectivity index (χ3v) is 9.88. The Kier molecular flexibility index (Phi) is 8.06. The fraction of sp³-hybridized carbons (Fsp3) is 0.769. The molecule has 4 aliphatic rings. The fourth-order valence-corrected chi connectivity index (χ4v) is 6.81. The fourth-order valence-electron chi connectivity index (χ4n) is 5.45. The first-order valence-corrected chi connectivity index (χ1v) is 15.2. The molecule has 3 saturated carbocycles. The number of hydrogen-bond acceptors (Lipinski definition) is 8. The molecule has 4 fully saturated rings. The van der Waals surface area contributed by atoms with Crippen molar-refractivity contribution in [3.63, 3.8) is 0 Å². The number of hydrogen-bond donors (Lipinski definition) is 4. The van der Waals surface area contributed by atoms with Gasteiger partial charge in [0.2, 0.25) is 21.8 Å². The van der Waals surface area contributed by atoms with Crippen LogP contribution in [0.15, 0.2) is 12.7 Å². The monoisotopic (exact) mass is 568 g/mol. The summed E-state index contributed by atoms with van der Waals surface area (Å²) in [6, 6.07) is -2.17. The van der Waals surface area contributed by atoms with Crippen LogP contribution in [0, 0.1) is 11.3 Å². The van der Waals surface area contributed by atoms with Gasteiger partial charge < -0.3 is 25.4 Å². The number of sulfonamides is 1. The van der Waals surface area contributed by atoms with E-state index in [1.807, 2.05) is 0 Å². The summed E-state index contributed by atoms with van der Waals surface area (Å²) in [5.74, 6) is -2.58. The molecule has 4 N–H and O–H groups in total. The van der Waals surface area contributed by atoms with E-state index in [9.17, 15) is 32.7 Å². The van der Waals surface area contributed by atoms with E-state index in [0.717, 1.165) is 25.7 Å². The minimum absolute atomic E-state index is 0.0716. The summed E-state index contributed by atoms with van der Waals surface area (Å²) in [6.45, 7) is 8.85. The number of nitrogens with one attached hydrogen (secondary N) is 3. The molecular weight excluding hydrogens is 528 g/mol. The van der Waals surface area contributed by atoms with Gasteiger partial charge in [0.25, 0.3) is 5.91 Å². The molecule has 0 aromatic rings. The van der Waals surface area contributed by atoms with E-state index < -0.39 is 74.1 Å². The Balaban J connectivity index is 1.48. The van der Waals surface area contributed by atoms with Crippen LogP contribution < -0.4 is 15.4 Å². The van der Waals surface area contributed by atoms with Gasteiger partial charge in [-0.15, -0.1) is 6.58 Å². The lowest BCUT2D eigenvalue weighted by atomic mass is 9.85. The zero-order valence-electron chi connectivity index (χ0n) is 22.8. The number of ether oxygens (including phenoxy) is 1. The predicted molar refractivity (Wildman–Crippen MR) is 141 cm³/mol. The van der Waals surface area contributed by atoms with Crippen LogP contribution in [0.5, 0.6) is 0 Å². The number of aliphatic hydroxyl groups is 1. The maximum absolute atomic E-state index is 13.7. The van der Waals surface area contributed by atoms with Gasteiger partial charge in [-0.05, 0) is 50.4 Å². The maximum atomic E-state index is 13.7. The molecule has 0 aromatic heterocycles. The van der Waals surface area contributed by atoms with Gasteiger partial charge in [-0.25, -0.2) is 13.2 Å². The molecule has 0 spiro atoms. The van der Waals surface area contributed by atoms with Crippen molar-refractivity contribution >= 4 is 33.8 Å². The number of amides is 4. The van der Waals surface area contributed by atoms with E-state index in [1.165, 1.54) is 11.0 Å². The SMILES string of the molecule is C=C[C@@H]1C[C@]1(NC(=O)[C@@H]1C[C@@H](O)CN1C(=O)[C@@H](NC(=O)OC1CCCC1)C(C)(C)C)C(=O)NS(=O)(=O)C1CC1. The number of β-amino-alcohol motifs (C(OH)–C–C–N with tert-alkyl or cyclic N) is 1. The summed E-state index contributed by atoms with van der Waals surface area (Å²) >= 11 is 0. The molecule has 39 heavy (non-hydrogen) atoms. The molecule has 4 rings (SSSR count). The minimum atomic E-state index is -3.84. The highest BCUT2D eigenvalue weighted by Crippen LogP contribution is 2.45. The van der Waals surface area contributed by atoms with Crippen molar-refractivity contribution in [1.29, 1.82) is 0 Å². The number of alkyl carbamates (subject to hydrolysis) is 1. The van der Waals surface area contributed by atoms with Crippen LogP contribution in [0.2, 0.25) is 0 Å². The van der Waals surface area contributed by atoms with Crippen LogP contribution in [0.3, 0.4) is 0 Å². The predicted octanol–water partition coefficient (Wildman–Crippen LogP) is 0.701. The van der Waals surface area contributed by atoms with Gasteiger partial charge in [0.1, 0.15) is 23.7 Å². The van der Waals surface area contributed by atoms with Crippen molar-refractivity contribution in [3.8, 4) is 0 Å². The van der Waals surface area contributed by atoms with Gasteiger partial charge in [-0.2, -0.15) is 0 Å². The highest BCUT2D eigenvalue weighted by atomic mass is 32.2. The summed E-state index contributed by atoms with van der Waals surface area (Å²) < 4.78 is 32.3. The summed E-state index contributed by atoms with van der Waals surface area (Å²) in [7, 11) is -3.84. The molecule has 12 nitrogen and oxygen atoms in total. The Labute approximate surface area is 229 Å². The van der Waals surface area contributed by atoms with Crippen molar-refractivity contribution in [3.05, 3.63) is 12.7 Å². The highest BCUT2D eigenvalue weighted by molar-refractivity contribution is 7.91. The summed E-state index contributed by atoms with van der Waals surface area (Å²) in [5.41, 5.74) is -2.25. The molecule has 1 aliphatic heterocycles. The van der Waals surface area contributed by atoms with Gasteiger partial charge in [0.05, 0.1) is 11.4 Å². The van der Waals surface area contributed by atoms with E-state index in [-0.39, 0.29) is 25.5 Å². The lowest BCUT2D eigenvalue weighted by molar-refractivity contribution is -0.143. The second kappa shape index (κ2) is 10.7. The Morgan fingerprint density at radius 2 is 1.77 bits per heavy atom. The van der Waals surface area contributed by atoms with E-state index in [2.05, 4.69) is 21.9 Å². The summed E-state index contributed by atoms with van der Waals surface area (Å²) in [5, 5.41) is 15.1. The Bertz CT molecular complexity index is 1130. The first-order valence-electron chi connectivity index (χ1n) is 13.6. The Hall–Kier alpha value is -2.67. The average Bonchev–Trinajstić information content (AvgIpc) is 3.72. The van der Waals surface area contributed by atoms with Crippen LogP contribution in [-0.4, -0.2) is 83.9 Å². The van der Waals surface area contributed by atoms with Crippen molar-refractivity contribution in [2.24, 2.45) is 11.3 Å². The maximum Gasteiger partial charge on any atom is 0.408 e. The van der Waals surface area contributed by atoms with E-state index in [0.29, 0.717) is 12.8 Å². The van der Waals surface area contributed by atoms with E-state index in [1.54, 1.807) is 20.8 Å². The standard InChI is InChI=1S/C26H40N4O8S/c1-5-15-13-26(15,23(34)29-39(36,37)18-10-11-18)28-21(32)19-12-16(31)14-30(19)22(33)20(25(2,3)4)27-24(35)38-17-8-6-7-9-17/h5,15-20,31H,1,6-14H2,2-4H3,(H,27,35)(H,28,32)(H,29,34)/t15-,16-,19+,20-,26-/m1/s1. The van der Waals surface area contributed by atoms with Gasteiger partial charge in [-0.3, -0.25) is 19.1 Å². The number of carbonyl (C=O) groups is 4. The van der Waals surface area contributed by atoms with Crippen molar-refractivity contribution in [1.82, 2.24) is 20.3 Å². The molecule has 5 atom stereocenters. The Morgan fingerprint density at radius 1 is 1.13 bits per heavy atom. The minimum Gasteiger partial charge on any atom is -0.446 e. The molecule has 0 radical (unpaired) electrons. The topological polar surface area (TPSA) is 171 Å². The molecule has 13 heteroatoms. The van der Waals surface area contributed by atoms with E-state index >= 15 is 0 Å². The molecule has 0 aromatic carbocycles. The molecule has 4 amide bonds. The zero-order valence-corrected chi connectivity index (χ0v) is 23.6. The second-order valence-electron chi connectivity index (χ2n) is 12.3. The highest BCUT2D eigenvalue weighted by Gasteiger charge is 2.62. The normalized spacial score (nSPS) is 29.8. The van der Waals surface area contributed by atoms with Crippen LogP contribution in [-0.2, 0) is 29.1 Å². The lowest BCUT2D eigenvalue weighted by Gasteiger charge is -2.35. The molecule has 218 valence electrons. The van der Waals surface area contributed by atoms with E-state index in [4.69, 9.17) is 4.74 Å². The summed E-state index contributed by atoms with van der Waals surface area (Å²) in [4.78, 5) is 54.1. The molecule has 0 bridgehead atoms. The second-order valence-corrected chi connectivity index (χ2v) is 14.3. The largest absolute Gasteiger partial charge is 0.446 e. The van der Waals surface area contributed by atoms with Crippen LogP contribution in [0.25, 0.3) is 0 Å². The number of carbonyl (C=O) groups excluding carboxylic acids is 4. The van der Waals surface area contributed by atoms with Gasteiger partial charge in [0.15, 0.2) is 0 Å². The number of nitrogens with zero attached hydrogens (tertiary/aromatic N) is 1. The molecular formula is C26H40N4O8S. The smallest absolute Gasteiger partial charge is 0.408 e. The first-order chi connectivity index (χ1) is 18.2. The first kappa shape index (κ1) is 29.3. The molecule has 1 saturated heterocycles. The number of aliphatic hydroxyl groups excluding tert-OH is 1. The number of likely N-dealkylation sites (tertiary alicyclic amines) is 1. The molecule has 0 unspecified atom stereocenters. The third-order valence-electron chi connectivity index (χ3n) is 8.06. The van der Waals surface area contributed by atoms with Gasteiger partial charge in [0, 0.05) is 18.9 Å².